The summed E-state index contributed by atoms with van der Waals surface area (Å²) in [6.45, 7) is 4.77. The van der Waals surface area contributed by atoms with Crippen LogP contribution in [0.2, 0.25) is 0 Å². The molecule has 0 radical (unpaired) electrons. The van der Waals surface area contributed by atoms with E-state index in [2.05, 4.69) is 50.3 Å². The third-order valence-electron chi connectivity index (χ3n) is 8.46. The number of ether oxygens (including phenoxy) is 2. The monoisotopic (exact) mass is 759 g/mol. The minimum Gasteiger partial charge on any atom is -0.462 e. The third kappa shape index (κ3) is 34.8. The summed E-state index contributed by atoms with van der Waals surface area (Å²) in [5, 5.41) is 0. The van der Waals surface area contributed by atoms with Crippen LogP contribution in [0.1, 0.15) is 122 Å². The van der Waals surface area contributed by atoms with Gasteiger partial charge in [-0.15, -0.1) is 0 Å². The second-order valence-electron chi connectivity index (χ2n) is 13.5. The number of rotatable bonds is 32. The molecule has 0 bridgehead atoms. The fourth-order valence-corrected chi connectivity index (χ4v) is 5.27. The van der Waals surface area contributed by atoms with E-state index in [0.717, 1.165) is 18.4 Å². The van der Waals surface area contributed by atoms with E-state index in [9.17, 15) is 9.59 Å². The minimum absolute atomic E-state index is 0.255. The van der Waals surface area contributed by atoms with Crippen molar-refractivity contribution in [3.8, 4) is 5.75 Å². The van der Waals surface area contributed by atoms with E-state index in [1.165, 1.54) is 102 Å². The largest absolute Gasteiger partial charge is 0.462 e. The van der Waals surface area contributed by atoms with Crippen molar-refractivity contribution < 1.29 is 19.1 Å². The maximum atomic E-state index is 12.1. The molecule has 0 N–H and O–H groups in total. The van der Waals surface area contributed by atoms with Crippen LogP contribution in [-0.2, 0) is 20.7 Å². The Labute approximate surface area is 340 Å². The molecule has 0 atom stereocenters. The summed E-state index contributed by atoms with van der Waals surface area (Å²) in [5.74, 6) is -0.401. The molecule has 56 heavy (non-hydrogen) atoms. The van der Waals surface area contributed by atoms with E-state index in [0.29, 0.717) is 12.2 Å². The van der Waals surface area contributed by atoms with E-state index in [4.69, 9.17) is 9.47 Å². The van der Waals surface area contributed by atoms with Gasteiger partial charge in [0.2, 0.25) is 0 Å². The van der Waals surface area contributed by atoms with Crippen LogP contribution >= 0.6 is 0 Å². The van der Waals surface area contributed by atoms with Crippen molar-refractivity contribution in [2.45, 2.75) is 123 Å². The number of allylic oxidation sites excluding steroid dienone is 22. The van der Waals surface area contributed by atoms with Crippen LogP contribution in [0.3, 0.4) is 0 Å². The van der Waals surface area contributed by atoms with Gasteiger partial charge in [-0.1, -0.05) is 237 Å². The normalized spacial score (nSPS) is 13.0. The lowest BCUT2D eigenvalue weighted by molar-refractivity contribution is -0.137. The topological polar surface area (TPSA) is 52.6 Å². The van der Waals surface area contributed by atoms with Gasteiger partial charge >= 0.3 is 11.9 Å². The van der Waals surface area contributed by atoms with Crippen LogP contribution in [0, 0.1) is 0 Å². The summed E-state index contributed by atoms with van der Waals surface area (Å²) in [6.07, 6.45) is 67.4. The molecular weight excluding hydrogens is 689 g/mol. The molecule has 1 rings (SSSR count). The summed E-state index contributed by atoms with van der Waals surface area (Å²) in [7, 11) is 0. The highest BCUT2D eigenvalue weighted by Gasteiger charge is 2.02. The molecule has 4 nitrogen and oxygen atoms in total. The van der Waals surface area contributed by atoms with Gasteiger partial charge < -0.3 is 9.47 Å². The van der Waals surface area contributed by atoms with Crippen LogP contribution in [-0.4, -0.2) is 18.5 Å². The molecule has 0 heterocycles. The van der Waals surface area contributed by atoms with Crippen molar-refractivity contribution in [3.05, 3.63) is 176 Å². The van der Waals surface area contributed by atoms with Gasteiger partial charge in [-0.3, -0.25) is 0 Å². The lowest BCUT2D eigenvalue weighted by atomic mass is 10.1. The fourth-order valence-electron chi connectivity index (χ4n) is 5.27. The maximum Gasteiger partial charge on any atom is 0.336 e. The Kier molecular flexibility index (Phi) is 34.8. The van der Waals surface area contributed by atoms with Crippen molar-refractivity contribution in [2.24, 2.45) is 0 Å². The first-order chi connectivity index (χ1) is 27.7. The standard InChI is InChI=1S/C52H70O4/c1-3-5-7-9-11-13-15-17-19-21-23-25-27-29-31-33-35-37-39-41-51(53)55-48-47-49-43-45-50(46-44-49)56-52(54)42-40-38-36-34-32-30-28-26-24-22-20-18-16-14-12-10-8-6-4-2/h19-46H,3-18,47-48H2,1-2H3. The quantitative estimate of drug-likeness (QED) is 0.0241. The molecule has 0 saturated carbocycles. The Balaban J connectivity index is 2.15. The van der Waals surface area contributed by atoms with Crippen LogP contribution in [0.5, 0.6) is 5.75 Å². The van der Waals surface area contributed by atoms with Crippen molar-refractivity contribution in [1.29, 1.82) is 0 Å². The zero-order chi connectivity index (χ0) is 40.3. The van der Waals surface area contributed by atoms with Gasteiger partial charge in [0.05, 0.1) is 6.61 Å². The molecule has 1 aromatic rings. The molecule has 0 aliphatic carbocycles. The molecular formula is C52H70O4. The van der Waals surface area contributed by atoms with Crippen molar-refractivity contribution in [2.75, 3.05) is 6.61 Å². The van der Waals surface area contributed by atoms with Crippen molar-refractivity contribution in [3.63, 3.8) is 0 Å². The van der Waals surface area contributed by atoms with Crippen LogP contribution in [0.25, 0.3) is 0 Å². The van der Waals surface area contributed by atoms with E-state index in [-0.39, 0.29) is 6.61 Å². The zero-order valence-corrected chi connectivity index (χ0v) is 34.5. The molecule has 0 unspecified atom stereocenters. The Morgan fingerprint density at radius 1 is 0.429 bits per heavy atom. The van der Waals surface area contributed by atoms with E-state index in [1.807, 2.05) is 85.0 Å². The number of unbranched alkanes of at least 4 members (excludes halogenated alkanes) is 14. The first-order valence-electron chi connectivity index (χ1n) is 21.1. The van der Waals surface area contributed by atoms with Crippen LogP contribution in [0.4, 0.5) is 0 Å². The average Bonchev–Trinajstić information content (AvgIpc) is 3.20. The van der Waals surface area contributed by atoms with Gasteiger partial charge in [-0.2, -0.15) is 0 Å². The highest BCUT2D eigenvalue weighted by atomic mass is 16.5. The molecule has 0 aromatic heterocycles. The molecule has 0 aliphatic rings. The molecule has 0 aliphatic heterocycles. The smallest absolute Gasteiger partial charge is 0.336 e. The van der Waals surface area contributed by atoms with Crippen LogP contribution in [0.15, 0.2) is 170 Å². The second-order valence-corrected chi connectivity index (χ2v) is 13.5. The molecule has 0 saturated heterocycles. The Hall–Kier alpha value is -4.96. The number of esters is 2. The van der Waals surface area contributed by atoms with Gasteiger partial charge in [-0.05, 0) is 43.4 Å². The number of hydrogen-bond donors (Lipinski definition) is 0. The Bertz CT molecular complexity index is 1490. The fraction of sp³-hybridized carbons (Fsp3) is 0.385. The highest BCUT2D eigenvalue weighted by molar-refractivity contribution is 5.84. The molecule has 0 amide bonds. The molecule has 0 fully saturated rings. The lowest BCUT2D eigenvalue weighted by Crippen LogP contribution is -2.05. The van der Waals surface area contributed by atoms with E-state index in [1.54, 1.807) is 36.4 Å². The van der Waals surface area contributed by atoms with Crippen molar-refractivity contribution in [1.82, 2.24) is 0 Å². The summed E-state index contributed by atoms with van der Waals surface area (Å²) in [4.78, 5) is 24.1. The number of carbonyl (C=O) groups excluding carboxylic acids is 2. The maximum absolute atomic E-state index is 12.1. The molecule has 4 heteroatoms. The SMILES string of the molecule is CCCCCCCCCC=CC=CC=CC=CC=CC=CC(=O)OCCc1ccc(OC(=O)C=CC=CC=CC=CC=CC=CCCCCCCCCC)cc1. The van der Waals surface area contributed by atoms with Crippen LogP contribution < -0.4 is 4.74 Å². The minimum atomic E-state index is -0.456. The summed E-state index contributed by atoms with van der Waals surface area (Å²) in [5.41, 5.74) is 0.971. The highest BCUT2D eigenvalue weighted by Crippen LogP contribution is 2.14. The summed E-state index contributed by atoms with van der Waals surface area (Å²) in [6, 6.07) is 7.16. The number of carbonyl (C=O) groups is 2. The number of hydrogen-bond acceptors (Lipinski definition) is 4. The first kappa shape index (κ1) is 49.1. The molecule has 302 valence electrons. The number of benzene rings is 1. The Morgan fingerprint density at radius 3 is 1.21 bits per heavy atom. The van der Waals surface area contributed by atoms with Gasteiger partial charge in [-0.25, -0.2) is 9.59 Å². The van der Waals surface area contributed by atoms with Gasteiger partial charge in [0.25, 0.3) is 0 Å². The van der Waals surface area contributed by atoms with E-state index >= 15 is 0 Å². The summed E-state index contributed by atoms with van der Waals surface area (Å²) < 4.78 is 10.7. The van der Waals surface area contributed by atoms with Gasteiger partial charge in [0.15, 0.2) is 0 Å². The van der Waals surface area contributed by atoms with E-state index < -0.39 is 11.9 Å². The summed E-state index contributed by atoms with van der Waals surface area (Å²) >= 11 is 0. The first-order valence-corrected chi connectivity index (χ1v) is 21.1. The van der Waals surface area contributed by atoms with Crippen molar-refractivity contribution >= 4 is 11.9 Å². The average molecular weight is 759 g/mol. The van der Waals surface area contributed by atoms with Gasteiger partial charge in [0.1, 0.15) is 5.75 Å². The van der Waals surface area contributed by atoms with Gasteiger partial charge in [0, 0.05) is 18.6 Å². The second kappa shape index (κ2) is 39.7. The molecule has 0 spiro atoms. The lowest BCUT2D eigenvalue weighted by Gasteiger charge is -2.04. The predicted octanol–water partition coefficient (Wildman–Crippen LogP) is 14.6. The Morgan fingerprint density at radius 2 is 0.786 bits per heavy atom. The predicted molar refractivity (Wildman–Crippen MR) is 242 cm³/mol. The zero-order valence-electron chi connectivity index (χ0n) is 34.5. The third-order valence-corrected chi connectivity index (χ3v) is 8.46. The molecule has 1 aromatic carbocycles.